The molecule has 1 N–H and O–H groups in total. The minimum Gasteiger partial charge on any atom is -0.376 e. The molecule has 84 valence electrons. The Hall–Kier alpha value is -0.390. The molecule has 0 saturated carbocycles. The van der Waals surface area contributed by atoms with Crippen molar-refractivity contribution in [1.29, 1.82) is 0 Å². The van der Waals surface area contributed by atoms with Crippen molar-refractivity contribution < 1.29 is 4.74 Å². The van der Waals surface area contributed by atoms with Crippen LogP contribution in [0, 0.1) is 0 Å². The fraction of sp³-hybridized carbons (Fsp3) is 0.700. The number of halogens is 1. The summed E-state index contributed by atoms with van der Waals surface area (Å²) in [6, 6.07) is 0.217. The third kappa shape index (κ3) is 2.09. The third-order valence-corrected chi connectivity index (χ3v) is 3.49. The van der Waals surface area contributed by atoms with E-state index in [1.165, 1.54) is 0 Å². The van der Waals surface area contributed by atoms with Gasteiger partial charge in [0, 0.05) is 13.7 Å². The van der Waals surface area contributed by atoms with Crippen LogP contribution in [0.3, 0.4) is 0 Å². The molecule has 1 aliphatic rings. The normalized spacial score (nSPS) is 23.3. The quantitative estimate of drug-likeness (QED) is 0.910. The van der Waals surface area contributed by atoms with Gasteiger partial charge in [0.15, 0.2) is 0 Å². The summed E-state index contributed by atoms with van der Waals surface area (Å²) in [5.41, 5.74) is 1.16. The molecule has 0 spiro atoms. The van der Waals surface area contributed by atoms with Gasteiger partial charge in [0.1, 0.15) is 0 Å². The summed E-state index contributed by atoms with van der Waals surface area (Å²) < 4.78 is 8.65. The lowest BCUT2D eigenvalue weighted by Crippen LogP contribution is -2.31. The Labute approximate surface area is 98.1 Å². The van der Waals surface area contributed by atoms with Crippen molar-refractivity contribution in [2.45, 2.75) is 25.0 Å². The maximum Gasteiger partial charge on any atom is 0.0786 e. The van der Waals surface area contributed by atoms with Gasteiger partial charge in [0.05, 0.1) is 28.5 Å². The number of nitrogens with one attached hydrogen (secondary N) is 1. The summed E-state index contributed by atoms with van der Waals surface area (Å²) in [7, 11) is 3.92. The molecule has 0 amide bonds. The Balaban J connectivity index is 2.25. The number of ether oxygens (including phenoxy) is 1. The molecule has 2 heterocycles. The molecule has 2 unspecified atom stereocenters. The Morgan fingerprint density at radius 2 is 2.53 bits per heavy atom. The van der Waals surface area contributed by atoms with Crippen molar-refractivity contribution in [1.82, 2.24) is 15.1 Å². The highest BCUT2D eigenvalue weighted by atomic mass is 79.9. The molecule has 0 bridgehead atoms. The lowest BCUT2D eigenvalue weighted by molar-refractivity contribution is 0.0781. The highest BCUT2D eigenvalue weighted by Crippen LogP contribution is 2.30. The van der Waals surface area contributed by atoms with E-state index < -0.39 is 0 Å². The molecule has 15 heavy (non-hydrogen) atoms. The maximum absolute atomic E-state index is 5.72. The first-order valence-electron chi connectivity index (χ1n) is 5.20. The first-order valence-corrected chi connectivity index (χ1v) is 5.99. The van der Waals surface area contributed by atoms with Crippen LogP contribution in [0.25, 0.3) is 0 Å². The van der Waals surface area contributed by atoms with Crippen molar-refractivity contribution in [3.63, 3.8) is 0 Å². The van der Waals surface area contributed by atoms with Crippen molar-refractivity contribution in [3.8, 4) is 0 Å². The summed E-state index contributed by atoms with van der Waals surface area (Å²) in [6.45, 7) is 0.873. The van der Waals surface area contributed by atoms with Gasteiger partial charge in [-0.2, -0.15) is 5.10 Å². The SMILES string of the molecule is CNC(c1c(Br)cnn1C)C1CCCO1. The van der Waals surface area contributed by atoms with Crippen LogP contribution in [0.15, 0.2) is 10.7 Å². The molecule has 5 heteroatoms. The zero-order valence-corrected chi connectivity index (χ0v) is 10.6. The highest BCUT2D eigenvalue weighted by molar-refractivity contribution is 9.10. The van der Waals surface area contributed by atoms with Crippen LogP contribution in [0.1, 0.15) is 24.6 Å². The monoisotopic (exact) mass is 273 g/mol. The second-order valence-corrected chi connectivity index (χ2v) is 4.67. The summed E-state index contributed by atoms with van der Waals surface area (Å²) in [5, 5.41) is 7.54. The van der Waals surface area contributed by atoms with Crippen molar-refractivity contribution in [3.05, 3.63) is 16.4 Å². The molecule has 1 aromatic rings. The van der Waals surface area contributed by atoms with Gasteiger partial charge in [-0.3, -0.25) is 4.68 Å². The Morgan fingerprint density at radius 3 is 3.00 bits per heavy atom. The molecule has 0 aromatic carbocycles. The molecule has 4 nitrogen and oxygen atoms in total. The smallest absolute Gasteiger partial charge is 0.0786 e. The van der Waals surface area contributed by atoms with Crippen LogP contribution in [-0.4, -0.2) is 29.5 Å². The average Bonchev–Trinajstić information content (AvgIpc) is 2.83. The summed E-state index contributed by atoms with van der Waals surface area (Å²) in [5.74, 6) is 0. The van der Waals surface area contributed by atoms with Crippen LogP contribution in [0.5, 0.6) is 0 Å². The van der Waals surface area contributed by atoms with E-state index in [0.717, 1.165) is 29.6 Å². The number of likely N-dealkylation sites (N-methyl/N-ethyl adjacent to an activating group) is 1. The third-order valence-electron chi connectivity index (χ3n) is 2.88. The number of aryl methyl sites for hydroxylation is 1. The van der Waals surface area contributed by atoms with E-state index in [0.29, 0.717) is 0 Å². The number of hydrogen-bond donors (Lipinski definition) is 1. The minimum atomic E-state index is 0.217. The highest BCUT2D eigenvalue weighted by Gasteiger charge is 2.29. The number of hydrogen-bond acceptors (Lipinski definition) is 3. The molecule has 2 atom stereocenters. The second-order valence-electron chi connectivity index (χ2n) is 3.82. The molecule has 0 aliphatic carbocycles. The number of rotatable bonds is 3. The average molecular weight is 274 g/mol. The van der Waals surface area contributed by atoms with Gasteiger partial charge in [-0.05, 0) is 35.8 Å². The Morgan fingerprint density at radius 1 is 1.73 bits per heavy atom. The van der Waals surface area contributed by atoms with Gasteiger partial charge in [-0.1, -0.05) is 0 Å². The van der Waals surface area contributed by atoms with Crippen LogP contribution in [0.4, 0.5) is 0 Å². The lowest BCUT2D eigenvalue weighted by atomic mass is 10.1. The standard InChI is InChI=1S/C10H16BrN3O/c1-12-9(8-4-3-5-15-8)10-7(11)6-13-14(10)2/h6,8-9,12H,3-5H2,1-2H3. The van der Waals surface area contributed by atoms with E-state index >= 15 is 0 Å². The predicted molar refractivity (Wildman–Crippen MR) is 61.7 cm³/mol. The molecule has 0 radical (unpaired) electrons. The minimum absolute atomic E-state index is 0.217. The fourth-order valence-electron chi connectivity index (χ4n) is 2.13. The van der Waals surface area contributed by atoms with E-state index in [2.05, 4.69) is 26.3 Å². The van der Waals surface area contributed by atoms with E-state index in [4.69, 9.17) is 4.74 Å². The summed E-state index contributed by atoms with van der Waals surface area (Å²) >= 11 is 3.53. The summed E-state index contributed by atoms with van der Waals surface area (Å²) in [4.78, 5) is 0. The van der Waals surface area contributed by atoms with Crippen LogP contribution in [-0.2, 0) is 11.8 Å². The fourth-order valence-corrected chi connectivity index (χ4v) is 2.73. The van der Waals surface area contributed by atoms with Crippen molar-refractivity contribution in [2.24, 2.45) is 7.05 Å². The molecule has 1 aromatic heterocycles. The van der Waals surface area contributed by atoms with Gasteiger partial charge in [-0.25, -0.2) is 0 Å². The van der Waals surface area contributed by atoms with E-state index in [1.807, 2.05) is 25.0 Å². The van der Waals surface area contributed by atoms with Crippen LogP contribution in [0.2, 0.25) is 0 Å². The number of aromatic nitrogens is 2. The first kappa shape index (κ1) is 11.1. The van der Waals surface area contributed by atoms with Gasteiger partial charge in [0.25, 0.3) is 0 Å². The van der Waals surface area contributed by atoms with Crippen molar-refractivity contribution >= 4 is 15.9 Å². The first-order chi connectivity index (χ1) is 7.24. The van der Waals surface area contributed by atoms with Crippen LogP contribution >= 0.6 is 15.9 Å². The molecule has 1 fully saturated rings. The molecule has 1 aliphatic heterocycles. The zero-order valence-electron chi connectivity index (χ0n) is 9.03. The molecular formula is C10H16BrN3O. The van der Waals surface area contributed by atoms with Crippen LogP contribution < -0.4 is 5.32 Å². The Kier molecular flexibility index (Phi) is 3.43. The second kappa shape index (κ2) is 4.63. The zero-order chi connectivity index (χ0) is 10.8. The topological polar surface area (TPSA) is 39.1 Å². The molecule has 1 saturated heterocycles. The van der Waals surface area contributed by atoms with E-state index in [9.17, 15) is 0 Å². The summed E-state index contributed by atoms with van der Waals surface area (Å²) in [6.07, 6.45) is 4.36. The van der Waals surface area contributed by atoms with Gasteiger partial charge in [0.2, 0.25) is 0 Å². The van der Waals surface area contributed by atoms with Gasteiger partial charge in [-0.15, -0.1) is 0 Å². The molecule has 2 rings (SSSR count). The largest absolute Gasteiger partial charge is 0.376 e. The van der Waals surface area contributed by atoms with Gasteiger partial charge >= 0.3 is 0 Å². The number of nitrogens with zero attached hydrogens (tertiary/aromatic N) is 2. The Bertz CT molecular complexity index is 314. The van der Waals surface area contributed by atoms with Gasteiger partial charge < -0.3 is 10.1 Å². The van der Waals surface area contributed by atoms with E-state index in [-0.39, 0.29) is 12.1 Å². The lowest BCUT2D eigenvalue weighted by Gasteiger charge is -2.23. The maximum atomic E-state index is 5.72. The molecular weight excluding hydrogens is 258 g/mol. The predicted octanol–water partition coefficient (Wildman–Crippen LogP) is 1.62. The van der Waals surface area contributed by atoms with E-state index in [1.54, 1.807) is 0 Å². The van der Waals surface area contributed by atoms with Crippen molar-refractivity contribution in [2.75, 3.05) is 13.7 Å².